The molecular weight excluding hydrogens is 231 g/mol. The lowest BCUT2D eigenvalue weighted by molar-refractivity contribution is -0.123. The molecule has 0 heterocycles. The van der Waals surface area contributed by atoms with Gasteiger partial charge in [-0.15, -0.1) is 0 Å². The van der Waals surface area contributed by atoms with E-state index in [1.54, 1.807) is 18.2 Å². The number of carbonyl (C=O) groups excluding carboxylic acids is 1. The molecule has 1 fully saturated rings. The van der Waals surface area contributed by atoms with Crippen LogP contribution in [0.15, 0.2) is 24.3 Å². The molecule has 0 unspecified atom stereocenters. The van der Waals surface area contributed by atoms with Crippen LogP contribution in [0.3, 0.4) is 0 Å². The zero-order valence-electron chi connectivity index (χ0n) is 10.6. The number of hydrogen-bond donors (Lipinski definition) is 2. The highest BCUT2D eigenvalue weighted by Gasteiger charge is 2.39. The van der Waals surface area contributed by atoms with Gasteiger partial charge in [0.25, 0.3) is 0 Å². The Morgan fingerprint density at radius 1 is 1.39 bits per heavy atom. The van der Waals surface area contributed by atoms with Crippen LogP contribution >= 0.6 is 0 Å². The zero-order valence-corrected chi connectivity index (χ0v) is 10.6. The largest absolute Gasteiger partial charge is 0.369 e. The maximum Gasteiger partial charge on any atom is 0.243 e. The lowest BCUT2D eigenvalue weighted by Crippen LogP contribution is -2.52. The number of carbonyl (C=O) groups is 1. The number of amides is 1. The van der Waals surface area contributed by atoms with Crippen LogP contribution in [0.1, 0.15) is 32.6 Å². The first kappa shape index (κ1) is 12.9. The summed E-state index contributed by atoms with van der Waals surface area (Å²) in [6.07, 6.45) is 3.20. The van der Waals surface area contributed by atoms with Gasteiger partial charge in [0.2, 0.25) is 5.91 Å². The van der Waals surface area contributed by atoms with Crippen LogP contribution in [0.5, 0.6) is 0 Å². The van der Waals surface area contributed by atoms with Gasteiger partial charge in [-0.3, -0.25) is 4.79 Å². The van der Waals surface area contributed by atoms with Crippen molar-refractivity contribution in [2.24, 2.45) is 11.7 Å². The average Bonchev–Trinajstić information content (AvgIpc) is 2.35. The van der Waals surface area contributed by atoms with Gasteiger partial charge in [-0.25, -0.2) is 4.39 Å². The SMILES string of the molecule is CC1CCC(Nc2ccccc2F)(C(N)=O)CC1. The highest BCUT2D eigenvalue weighted by Crippen LogP contribution is 2.35. The van der Waals surface area contributed by atoms with E-state index in [2.05, 4.69) is 12.2 Å². The van der Waals surface area contributed by atoms with Crippen molar-refractivity contribution in [3.05, 3.63) is 30.1 Å². The molecule has 1 amide bonds. The molecule has 18 heavy (non-hydrogen) atoms. The predicted octanol–water partition coefficient (Wildman–Crippen LogP) is 2.67. The Hall–Kier alpha value is -1.58. The highest BCUT2D eigenvalue weighted by atomic mass is 19.1. The zero-order chi connectivity index (χ0) is 13.2. The molecule has 0 radical (unpaired) electrons. The highest BCUT2D eigenvalue weighted by molar-refractivity contribution is 5.88. The van der Waals surface area contributed by atoms with E-state index < -0.39 is 11.4 Å². The van der Waals surface area contributed by atoms with Gasteiger partial charge in [0, 0.05) is 0 Å². The monoisotopic (exact) mass is 250 g/mol. The van der Waals surface area contributed by atoms with E-state index in [1.165, 1.54) is 6.07 Å². The van der Waals surface area contributed by atoms with E-state index in [4.69, 9.17) is 5.73 Å². The molecule has 4 heteroatoms. The van der Waals surface area contributed by atoms with Gasteiger partial charge in [0.1, 0.15) is 11.4 Å². The molecule has 98 valence electrons. The Kier molecular flexibility index (Phi) is 3.55. The first-order valence-corrected chi connectivity index (χ1v) is 6.36. The van der Waals surface area contributed by atoms with Crippen molar-refractivity contribution >= 4 is 11.6 Å². The maximum absolute atomic E-state index is 13.6. The van der Waals surface area contributed by atoms with Crippen LogP contribution in [-0.2, 0) is 4.79 Å². The minimum atomic E-state index is -0.797. The number of nitrogens with two attached hydrogens (primary N) is 1. The van der Waals surface area contributed by atoms with Crippen molar-refractivity contribution < 1.29 is 9.18 Å². The molecule has 0 saturated heterocycles. The molecule has 0 atom stereocenters. The van der Waals surface area contributed by atoms with Gasteiger partial charge in [0.05, 0.1) is 5.69 Å². The summed E-state index contributed by atoms with van der Waals surface area (Å²) in [6, 6.07) is 6.38. The Morgan fingerprint density at radius 2 is 2.00 bits per heavy atom. The first-order chi connectivity index (χ1) is 8.53. The third-order valence-corrected chi connectivity index (χ3v) is 3.85. The van der Waals surface area contributed by atoms with E-state index in [0.29, 0.717) is 24.4 Å². The van der Waals surface area contributed by atoms with E-state index in [0.717, 1.165) is 12.8 Å². The minimum absolute atomic E-state index is 0.350. The fraction of sp³-hybridized carbons (Fsp3) is 0.500. The molecule has 0 aromatic heterocycles. The number of primary amides is 1. The number of para-hydroxylation sites is 1. The van der Waals surface area contributed by atoms with Crippen molar-refractivity contribution in [1.29, 1.82) is 0 Å². The molecule has 0 bridgehead atoms. The van der Waals surface area contributed by atoms with Crippen LogP contribution in [-0.4, -0.2) is 11.4 Å². The number of hydrogen-bond acceptors (Lipinski definition) is 2. The smallest absolute Gasteiger partial charge is 0.243 e. The Bertz CT molecular complexity index is 439. The molecule has 2 rings (SSSR count). The van der Waals surface area contributed by atoms with Crippen LogP contribution in [0.25, 0.3) is 0 Å². The topological polar surface area (TPSA) is 55.1 Å². The van der Waals surface area contributed by atoms with Gasteiger partial charge in [-0.2, -0.15) is 0 Å². The van der Waals surface area contributed by atoms with E-state index in [-0.39, 0.29) is 5.82 Å². The van der Waals surface area contributed by atoms with E-state index >= 15 is 0 Å². The third-order valence-electron chi connectivity index (χ3n) is 3.85. The maximum atomic E-state index is 13.6. The Labute approximate surface area is 107 Å². The van der Waals surface area contributed by atoms with Crippen LogP contribution in [0.4, 0.5) is 10.1 Å². The van der Waals surface area contributed by atoms with Gasteiger partial charge in [0.15, 0.2) is 0 Å². The molecule has 0 spiro atoms. The van der Waals surface area contributed by atoms with Crippen LogP contribution < -0.4 is 11.1 Å². The van der Waals surface area contributed by atoms with Crippen LogP contribution in [0.2, 0.25) is 0 Å². The summed E-state index contributed by atoms with van der Waals surface area (Å²) in [7, 11) is 0. The van der Waals surface area contributed by atoms with Gasteiger partial charge in [-0.1, -0.05) is 19.1 Å². The number of anilines is 1. The number of nitrogens with one attached hydrogen (secondary N) is 1. The molecule has 1 aliphatic carbocycles. The van der Waals surface area contributed by atoms with Crippen molar-refractivity contribution in [2.45, 2.75) is 38.1 Å². The molecule has 1 aliphatic rings. The fourth-order valence-electron chi connectivity index (χ4n) is 2.51. The average molecular weight is 250 g/mol. The summed E-state index contributed by atoms with van der Waals surface area (Å²) in [5.74, 6) is -0.144. The normalized spacial score (nSPS) is 27.8. The Balaban J connectivity index is 2.22. The fourth-order valence-corrected chi connectivity index (χ4v) is 2.51. The van der Waals surface area contributed by atoms with Crippen molar-refractivity contribution in [3.8, 4) is 0 Å². The van der Waals surface area contributed by atoms with E-state index in [1.807, 2.05) is 0 Å². The van der Waals surface area contributed by atoms with Gasteiger partial charge in [-0.05, 0) is 43.7 Å². The second-order valence-corrected chi connectivity index (χ2v) is 5.23. The summed E-state index contributed by atoms with van der Waals surface area (Å²) in [5.41, 5.74) is 5.08. The third kappa shape index (κ3) is 2.47. The second kappa shape index (κ2) is 4.96. The number of halogens is 1. The standard InChI is InChI=1S/C14H19FN2O/c1-10-6-8-14(9-7-10,13(16)18)17-12-5-3-2-4-11(12)15/h2-5,10,17H,6-9H2,1H3,(H2,16,18). The first-order valence-electron chi connectivity index (χ1n) is 6.36. The van der Waals surface area contributed by atoms with Crippen LogP contribution in [0, 0.1) is 11.7 Å². The summed E-state index contributed by atoms with van der Waals surface area (Å²) in [4.78, 5) is 11.7. The molecule has 1 aromatic carbocycles. The van der Waals surface area contributed by atoms with Crippen molar-refractivity contribution in [3.63, 3.8) is 0 Å². The van der Waals surface area contributed by atoms with E-state index in [9.17, 15) is 9.18 Å². The quantitative estimate of drug-likeness (QED) is 0.866. The molecule has 1 saturated carbocycles. The lowest BCUT2D eigenvalue weighted by atomic mass is 9.76. The summed E-state index contributed by atoms with van der Waals surface area (Å²) in [5, 5.41) is 3.03. The predicted molar refractivity (Wildman–Crippen MR) is 69.6 cm³/mol. The van der Waals surface area contributed by atoms with Gasteiger partial charge >= 0.3 is 0 Å². The number of benzene rings is 1. The molecule has 0 aliphatic heterocycles. The molecule has 3 nitrogen and oxygen atoms in total. The minimum Gasteiger partial charge on any atom is -0.369 e. The van der Waals surface area contributed by atoms with Crippen molar-refractivity contribution in [2.75, 3.05) is 5.32 Å². The van der Waals surface area contributed by atoms with Crippen molar-refractivity contribution in [1.82, 2.24) is 0 Å². The molecule has 1 aromatic rings. The van der Waals surface area contributed by atoms with Gasteiger partial charge < -0.3 is 11.1 Å². The summed E-state index contributed by atoms with van der Waals surface area (Å²) >= 11 is 0. The summed E-state index contributed by atoms with van der Waals surface area (Å²) in [6.45, 7) is 2.16. The second-order valence-electron chi connectivity index (χ2n) is 5.23. The lowest BCUT2D eigenvalue weighted by Gasteiger charge is -2.38. The Morgan fingerprint density at radius 3 is 2.56 bits per heavy atom. The number of rotatable bonds is 3. The molecular formula is C14H19FN2O. The summed E-state index contributed by atoms with van der Waals surface area (Å²) < 4.78 is 13.6. The molecule has 3 N–H and O–H groups in total.